The Balaban J connectivity index is 2.95. The molecule has 0 aliphatic carbocycles. The van der Waals surface area contributed by atoms with E-state index < -0.39 is 0 Å². The Morgan fingerprint density at radius 3 is 2.79 bits per heavy atom. The first kappa shape index (κ1) is 10.8. The molecule has 0 atom stereocenters. The third-order valence-corrected chi connectivity index (χ3v) is 2.00. The summed E-state index contributed by atoms with van der Waals surface area (Å²) in [4.78, 5) is 10.7. The van der Waals surface area contributed by atoms with Crippen LogP contribution in [0.1, 0.15) is 12.5 Å². The zero-order valence-corrected chi connectivity index (χ0v) is 8.84. The molecular weight excluding hydrogens is 200 g/mol. The van der Waals surface area contributed by atoms with Gasteiger partial charge in [-0.1, -0.05) is 23.7 Å². The lowest BCUT2D eigenvalue weighted by Gasteiger charge is -2.02. The van der Waals surface area contributed by atoms with Crippen LogP contribution in [0.3, 0.4) is 0 Å². The summed E-state index contributed by atoms with van der Waals surface area (Å²) in [6.07, 6.45) is 3.23. The maximum absolute atomic E-state index is 10.7. The van der Waals surface area contributed by atoms with Crippen molar-refractivity contribution in [3.63, 3.8) is 0 Å². The number of hydrogen-bond donors (Lipinski definition) is 0. The van der Waals surface area contributed by atoms with E-state index in [1.807, 2.05) is 6.07 Å². The van der Waals surface area contributed by atoms with Crippen molar-refractivity contribution in [3.8, 4) is 5.75 Å². The average Bonchev–Trinajstić information content (AvgIpc) is 2.16. The fraction of sp³-hybridized carbons (Fsp3) is 0.182. The molecule has 14 heavy (non-hydrogen) atoms. The van der Waals surface area contributed by atoms with Crippen molar-refractivity contribution < 1.29 is 9.53 Å². The van der Waals surface area contributed by atoms with Gasteiger partial charge in [0.15, 0.2) is 5.78 Å². The lowest BCUT2D eigenvalue weighted by molar-refractivity contribution is -0.112. The Kier molecular flexibility index (Phi) is 3.72. The van der Waals surface area contributed by atoms with Gasteiger partial charge < -0.3 is 4.74 Å². The number of ketones is 1. The smallest absolute Gasteiger partial charge is 0.152 e. The number of carbonyl (C=O) groups excluding carboxylic acids is 1. The largest absolute Gasteiger partial charge is 0.495 e. The predicted molar refractivity (Wildman–Crippen MR) is 57.7 cm³/mol. The standard InChI is InChI=1S/C11H11ClO2/c1-8(13)3-4-9-5-6-10(12)11(7-9)14-2/h3-7H,1-2H3/b4-3+. The number of ether oxygens (including phenoxy) is 1. The van der Waals surface area contributed by atoms with E-state index in [0.717, 1.165) is 5.56 Å². The summed E-state index contributed by atoms with van der Waals surface area (Å²) < 4.78 is 5.04. The molecule has 0 bridgehead atoms. The molecule has 74 valence electrons. The van der Waals surface area contributed by atoms with E-state index in [4.69, 9.17) is 16.3 Å². The number of benzene rings is 1. The highest BCUT2D eigenvalue weighted by Gasteiger charge is 1.99. The lowest BCUT2D eigenvalue weighted by atomic mass is 10.2. The molecule has 3 heteroatoms. The van der Waals surface area contributed by atoms with Gasteiger partial charge in [0.2, 0.25) is 0 Å². The molecule has 0 heterocycles. The van der Waals surface area contributed by atoms with E-state index >= 15 is 0 Å². The molecule has 0 N–H and O–H groups in total. The van der Waals surface area contributed by atoms with Gasteiger partial charge in [-0.25, -0.2) is 0 Å². The number of rotatable bonds is 3. The average molecular weight is 211 g/mol. The van der Waals surface area contributed by atoms with E-state index in [1.54, 1.807) is 25.3 Å². The third-order valence-electron chi connectivity index (χ3n) is 1.69. The first-order valence-corrected chi connectivity index (χ1v) is 4.53. The van der Waals surface area contributed by atoms with Gasteiger partial charge in [-0.05, 0) is 30.7 Å². The van der Waals surface area contributed by atoms with Crippen LogP contribution in [0.4, 0.5) is 0 Å². The van der Waals surface area contributed by atoms with Crippen LogP contribution >= 0.6 is 11.6 Å². The molecule has 1 aromatic carbocycles. The maximum atomic E-state index is 10.7. The molecule has 0 spiro atoms. The fourth-order valence-electron chi connectivity index (χ4n) is 0.994. The minimum Gasteiger partial charge on any atom is -0.495 e. The highest BCUT2D eigenvalue weighted by molar-refractivity contribution is 6.32. The monoisotopic (exact) mass is 210 g/mol. The normalized spacial score (nSPS) is 10.5. The third kappa shape index (κ3) is 2.89. The van der Waals surface area contributed by atoms with Crippen LogP contribution in [0.2, 0.25) is 5.02 Å². The number of allylic oxidation sites excluding steroid dienone is 1. The van der Waals surface area contributed by atoms with Crippen molar-refractivity contribution in [1.29, 1.82) is 0 Å². The second kappa shape index (κ2) is 4.82. The van der Waals surface area contributed by atoms with Crippen molar-refractivity contribution in [2.45, 2.75) is 6.92 Å². The van der Waals surface area contributed by atoms with E-state index in [9.17, 15) is 4.79 Å². The van der Waals surface area contributed by atoms with Gasteiger partial charge in [0.1, 0.15) is 5.75 Å². The van der Waals surface area contributed by atoms with Gasteiger partial charge in [0.25, 0.3) is 0 Å². The first-order chi connectivity index (χ1) is 6.63. The molecule has 0 fully saturated rings. The van der Waals surface area contributed by atoms with E-state index in [0.29, 0.717) is 10.8 Å². The molecule has 1 rings (SSSR count). The van der Waals surface area contributed by atoms with Crippen LogP contribution in [-0.4, -0.2) is 12.9 Å². The molecule has 2 nitrogen and oxygen atoms in total. The topological polar surface area (TPSA) is 26.3 Å². The molecule has 0 aliphatic heterocycles. The maximum Gasteiger partial charge on any atom is 0.152 e. The van der Waals surface area contributed by atoms with E-state index in [1.165, 1.54) is 13.0 Å². The summed E-state index contributed by atoms with van der Waals surface area (Å²) in [5.74, 6) is 0.622. The molecule has 0 amide bonds. The SMILES string of the molecule is COc1cc(/C=C/C(C)=O)ccc1Cl. The molecule has 0 saturated carbocycles. The van der Waals surface area contributed by atoms with Crippen LogP contribution in [0.15, 0.2) is 24.3 Å². The quantitative estimate of drug-likeness (QED) is 0.717. The second-order valence-electron chi connectivity index (χ2n) is 2.84. The Bertz CT molecular complexity index is 370. The van der Waals surface area contributed by atoms with Crippen LogP contribution in [-0.2, 0) is 4.79 Å². The molecule has 0 aromatic heterocycles. The summed E-state index contributed by atoms with van der Waals surface area (Å²) >= 11 is 5.84. The number of halogens is 1. The van der Waals surface area contributed by atoms with Crippen molar-refractivity contribution in [1.82, 2.24) is 0 Å². The zero-order chi connectivity index (χ0) is 10.6. The van der Waals surface area contributed by atoms with Crippen LogP contribution in [0.5, 0.6) is 5.75 Å². The van der Waals surface area contributed by atoms with Gasteiger partial charge >= 0.3 is 0 Å². The van der Waals surface area contributed by atoms with Gasteiger partial charge in [0.05, 0.1) is 12.1 Å². The minimum atomic E-state index is 0.0129. The van der Waals surface area contributed by atoms with Crippen LogP contribution < -0.4 is 4.74 Å². The Hall–Kier alpha value is -1.28. The predicted octanol–water partition coefficient (Wildman–Crippen LogP) is 2.95. The van der Waals surface area contributed by atoms with Gasteiger partial charge in [0, 0.05) is 0 Å². The van der Waals surface area contributed by atoms with E-state index in [-0.39, 0.29) is 5.78 Å². The molecule has 0 saturated heterocycles. The first-order valence-electron chi connectivity index (χ1n) is 4.15. The van der Waals surface area contributed by atoms with Crippen molar-refractivity contribution >= 4 is 23.5 Å². The Morgan fingerprint density at radius 1 is 1.50 bits per heavy atom. The van der Waals surface area contributed by atoms with Crippen LogP contribution in [0.25, 0.3) is 6.08 Å². The highest BCUT2D eigenvalue weighted by Crippen LogP contribution is 2.25. The second-order valence-corrected chi connectivity index (χ2v) is 3.25. The van der Waals surface area contributed by atoms with E-state index in [2.05, 4.69) is 0 Å². The Labute approximate surface area is 88.1 Å². The fourth-order valence-corrected chi connectivity index (χ4v) is 1.19. The molecule has 1 aromatic rings. The van der Waals surface area contributed by atoms with Gasteiger partial charge in [-0.3, -0.25) is 4.79 Å². The minimum absolute atomic E-state index is 0.0129. The summed E-state index contributed by atoms with van der Waals surface area (Å²) in [7, 11) is 1.56. The van der Waals surface area contributed by atoms with Crippen LogP contribution in [0, 0.1) is 0 Å². The summed E-state index contributed by atoms with van der Waals surface area (Å²) in [5, 5.41) is 0.562. The molecule has 0 unspecified atom stereocenters. The molecular formula is C11H11ClO2. The number of methoxy groups -OCH3 is 1. The highest BCUT2D eigenvalue weighted by atomic mass is 35.5. The zero-order valence-electron chi connectivity index (χ0n) is 8.08. The Morgan fingerprint density at radius 2 is 2.21 bits per heavy atom. The van der Waals surface area contributed by atoms with Gasteiger partial charge in [-0.15, -0.1) is 0 Å². The molecule has 0 aliphatic rings. The summed E-state index contributed by atoms with van der Waals surface area (Å²) in [6, 6.07) is 5.34. The molecule has 0 radical (unpaired) electrons. The number of carbonyl (C=O) groups is 1. The lowest BCUT2D eigenvalue weighted by Crippen LogP contribution is -1.85. The summed E-state index contributed by atoms with van der Waals surface area (Å²) in [5.41, 5.74) is 0.890. The van der Waals surface area contributed by atoms with Crippen molar-refractivity contribution in [2.75, 3.05) is 7.11 Å². The van der Waals surface area contributed by atoms with Crippen molar-refractivity contribution in [2.24, 2.45) is 0 Å². The van der Waals surface area contributed by atoms with Crippen molar-refractivity contribution in [3.05, 3.63) is 34.9 Å². The van der Waals surface area contributed by atoms with Gasteiger partial charge in [-0.2, -0.15) is 0 Å². The number of hydrogen-bond acceptors (Lipinski definition) is 2. The summed E-state index contributed by atoms with van der Waals surface area (Å²) in [6.45, 7) is 1.50.